The number of carbonyl (C=O) groups excluding carboxylic acids is 1. The lowest BCUT2D eigenvalue weighted by Crippen LogP contribution is -2.38. The summed E-state index contributed by atoms with van der Waals surface area (Å²) in [5.74, 6) is 0.129. The highest BCUT2D eigenvalue weighted by molar-refractivity contribution is 5.93. The Balaban J connectivity index is 0.00000133. The van der Waals surface area contributed by atoms with Crippen LogP contribution in [-0.4, -0.2) is 45.8 Å². The van der Waals surface area contributed by atoms with Gasteiger partial charge in [-0.3, -0.25) is 9.48 Å². The third-order valence-corrected chi connectivity index (χ3v) is 4.01. The summed E-state index contributed by atoms with van der Waals surface area (Å²) < 4.78 is 1.80. The lowest BCUT2D eigenvalue weighted by atomic mass is 10.1. The van der Waals surface area contributed by atoms with Crippen molar-refractivity contribution in [2.75, 3.05) is 13.1 Å². The van der Waals surface area contributed by atoms with E-state index in [0.717, 1.165) is 31.6 Å². The Kier molecular flexibility index (Phi) is 4.47. The second-order valence-electron chi connectivity index (χ2n) is 5.26. The highest BCUT2D eigenvalue weighted by atomic mass is 35.5. The van der Waals surface area contributed by atoms with E-state index < -0.39 is 0 Å². The summed E-state index contributed by atoms with van der Waals surface area (Å²) in [6.45, 7) is 4.53. The molecule has 0 spiro atoms. The standard InChI is InChI=1S/C13H20N4O.ClH/c1-2-17-8-10(7-14-17)13(18)16-6-5-11-3-4-12(9-16)15-11;/h7-8,11-12,15H,2-6,9H2,1H3;1H. The predicted octanol–water partition coefficient (Wildman–Crippen LogP) is 1.29. The molecule has 0 radical (unpaired) electrons. The van der Waals surface area contributed by atoms with Gasteiger partial charge in [0.25, 0.3) is 5.91 Å². The molecule has 1 amide bonds. The van der Waals surface area contributed by atoms with Gasteiger partial charge >= 0.3 is 0 Å². The van der Waals surface area contributed by atoms with E-state index in [4.69, 9.17) is 0 Å². The minimum atomic E-state index is 0. The zero-order valence-electron chi connectivity index (χ0n) is 11.2. The van der Waals surface area contributed by atoms with Crippen molar-refractivity contribution in [2.45, 2.75) is 44.8 Å². The van der Waals surface area contributed by atoms with Crippen LogP contribution in [0.15, 0.2) is 12.4 Å². The van der Waals surface area contributed by atoms with Gasteiger partial charge in [-0.1, -0.05) is 0 Å². The highest BCUT2D eigenvalue weighted by Gasteiger charge is 2.31. The van der Waals surface area contributed by atoms with E-state index in [1.165, 1.54) is 12.8 Å². The van der Waals surface area contributed by atoms with Crippen LogP contribution in [-0.2, 0) is 6.54 Å². The number of rotatable bonds is 2. The Morgan fingerprint density at radius 1 is 1.42 bits per heavy atom. The normalized spacial score (nSPS) is 25.8. The molecule has 6 heteroatoms. The lowest BCUT2D eigenvalue weighted by molar-refractivity contribution is 0.0748. The number of nitrogens with one attached hydrogen (secondary N) is 1. The van der Waals surface area contributed by atoms with Crippen LogP contribution in [0.1, 0.15) is 36.5 Å². The molecule has 0 aromatic carbocycles. The van der Waals surface area contributed by atoms with Crippen LogP contribution in [0.2, 0.25) is 0 Å². The zero-order valence-corrected chi connectivity index (χ0v) is 12.0. The summed E-state index contributed by atoms with van der Waals surface area (Å²) in [5, 5.41) is 7.77. The van der Waals surface area contributed by atoms with Gasteiger partial charge in [-0.05, 0) is 26.2 Å². The summed E-state index contributed by atoms with van der Waals surface area (Å²) in [7, 11) is 0. The summed E-state index contributed by atoms with van der Waals surface area (Å²) in [5.41, 5.74) is 0.717. The first-order chi connectivity index (χ1) is 8.76. The number of hydrogen-bond donors (Lipinski definition) is 1. The molecule has 2 bridgehead atoms. The number of aromatic nitrogens is 2. The molecular formula is C13H21ClN4O. The van der Waals surface area contributed by atoms with Crippen LogP contribution in [0.25, 0.3) is 0 Å². The van der Waals surface area contributed by atoms with Gasteiger partial charge in [0, 0.05) is 37.9 Å². The van der Waals surface area contributed by atoms with Crippen molar-refractivity contribution in [3.8, 4) is 0 Å². The first-order valence-corrected chi connectivity index (χ1v) is 6.84. The van der Waals surface area contributed by atoms with Gasteiger partial charge in [-0.15, -0.1) is 12.4 Å². The number of halogens is 1. The van der Waals surface area contributed by atoms with Crippen molar-refractivity contribution in [2.24, 2.45) is 0 Å². The van der Waals surface area contributed by atoms with E-state index in [-0.39, 0.29) is 18.3 Å². The molecule has 1 aromatic heterocycles. The Labute approximate surface area is 119 Å². The second kappa shape index (κ2) is 5.92. The largest absolute Gasteiger partial charge is 0.337 e. The monoisotopic (exact) mass is 284 g/mol. The van der Waals surface area contributed by atoms with E-state index >= 15 is 0 Å². The van der Waals surface area contributed by atoms with Crippen molar-refractivity contribution in [3.05, 3.63) is 18.0 Å². The maximum atomic E-state index is 12.4. The molecule has 5 nitrogen and oxygen atoms in total. The van der Waals surface area contributed by atoms with Gasteiger partial charge in [-0.25, -0.2) is 0 Å². The van der Waals surface area contributed by atoms with Gasteiger partial charge in [0.05, 0.1) is 11.8 Å². The first-order valence-electron chi connectivity index (χ1n) is 6.84. The molecule has 2 atom stereocenters. The maximum absolute atomic E-state index is 12.4. The molecule has 0 saturated carbocycles. The average Bonchev–Trinajstić information content (AvgIpc) is 2.95. The highest BCUT2D eigenvalue weighted by Crippen LogP contribution is 2.21. The predicted molar refractivity (Wildman–Crippen MR) is 75.6 cm³/mol. The Hall–Kier alpha value is -1.07. The smallest absolute Gasteiger partial charge is 0.257 e. The molecule has 0 aliphatic carbocycles. The lowest BCUT2D eigenvalue weighted by Gasteiger charge is -2.23. The van der Waals surface area contributed by atoms with Crippen LogP contribution in [0.4, 0.5) is 0 Å². The van der Waals surface area contributed by atoms with E-state index in [0.29, 0.717) is 12.1 Å². The van der Waals surface area contributed by atoms with Gasteiger partial charge in [0.1, 0.15) is 0 Å². The third kappa shape index (κ3) is 2.92. The number of nitrogens with zero attached hydrogens (tertiary/aromatic N) is 3. The van der Waals surface area contributed by atoms with Crippen molar-refractivity contribution < 1.29 is 4.79 Å². The molecule has 2 saturated heterocycles. The van der Waals surface area contributed by atoms with Gasteiger partial charge < -0.3 is 10.2 Å². The molecule has 1 N–H and O–H groups in total. The van der Waals surface area contributed by atoms with Crippen LogP contribution in [0, 0.1) is 0 Å². The fourth-order valence-corrected chi connectivity index (χ4v) is 2.96. The topological polar surface area (TPSA) is 50.2 Å². The molecule has 3 rings (SSSR count). The zero-order chi connectivity index (χ0) is 12.5. The van der Waals surface area contributed by atoms with Crippen molar-refractivity contribution in [1.82, 2.24) is 20.0 Å². The van der Waals surface area contributed by atoms with Crippen molar-refractivity contribution in [1.29, 1.82) is 0 Å². The fraction of sp³-hybridized carbons (Fsp3) is 0.692. The number of carbonyl (C=O) groups is 1. The van der Waals surface area contributed by atoms with E-state index in [2.05, 4.69) is 10.4 Å². The van der Waals surface area contributed by atoms with Gasteiger partial charge in [0.15, 0.2) is 0 Å². The Morgan fingerprint density at radius 2 is 2.21 bits per heavy atom. The third-order valence-electron chi connectivity index (χ3n) is 4.01. The maximum Gasteiger partial charge on any atom is 0.257 e. The van der Waals surface area contributed by atoms with Crippen LogP contribution < -0.4 is 5.32 Å². The quantitative estimate of drug-likeness (QED) is 0.890. The second-order valence-corrected chi connectivity index (χ2v) is 5.26. The van der Waals surface area contributed by atoms with E-state index in [1.807, 2.05) is 18.0 Å². The SMILES string of the molecule is CCn1cc(C(=O)N2CCC3CCC(C2)N3)cn1.Cl. The minimum Gasteiger partial charge on any atom is -0.337 e. The van der Waals surface area contributed by atoms with Crippen LogP contribution >= 0.6 is 12.4 Å². The number of likely N-dealkylation sites (tertiary alicyclic amines) is 1. The summed E-state index contributed by atoms with van der Waals surface area (Å²) in [6, 6.07) is 1.11. The van der Waals surface area contributed by atoms with E-state index in [1.54, 1.807) is 10.9 Å². The molecule has 2 aliphatic rings. The van der Waals surface area contributed by atoms with Crippen LogP contribution in [0.3, 0.4) is 0 Å². The molecule has 2 fully saturated rings. The van der Waals surface area contributed by atoms with Crippen molar-refractivity contribution in [3.63, 3.8) is 0 Å². The van der Waals surface area contributed by atoms with E-state index in [9.17, 15) is 4.79 Å². The summed E-state index contributed by atoms with van der Waals surface area (Å²) in [6.07, 6.45) is 7.06. The molecule has 1 aromatic rings. The Morgan fingerprint density at radius 3 is 2.95 bits per heavy atom. The number of amides is 1. The first kappa shape index (κ1) is 14.3. The fourth-order valence-electron chi connectivity index (χ4n) is 2.96. The number of hydrogen-bond acceptors (Lipinski definition) is 3. The molecule has 2 aliphatic heterocycles. The Bertz CT molecular complexity index is 448. The van der Waals surface area contributed by atoms with Crippen LogP contribution in [0.5, 0.6) is 0 Å². The number of fused-ring (bicyclic) bond motifs is 2. The molecule has 19 heavy (non-hydrogen) atoms. The molecule has 3 heterocycles. The number of aryl methyl sites for hydroxylation is 1. The molecule has 106 valence electrons. The summed E-state index contributed by atoms with van der Waals surface area (Å²) in [4.78, 5) is 14.4. The molecule has 2 unspecified atom stereocenters. The minimum absolute atomic E-state index is 0. The van der Waals surface area contributed by atoms with Crippen molar-refractivity contribution >= 4 is 18.3 Å². The van der Waals surface area contributed by atoms with Gasteiger partial charge in [-0.2, -0.15) is 5.10 Å². The van der Waals surface area contributed by atoms with Gasteiger partial charge in [0.2, 0.25) is 0 Å². The summed E-state index contributed by atoms with van der Waals surface area (Å²) >= 11 is 0. The molecular weight excluding hydrogens is 264 g/mol. The average molecular weight is 285 g/mol.